The van der Waals surface area contributed by atoms with Crippen LogP contribution in [-0.4, -0.2) is 74.9 Å². The van der Waals surface area contributed by atoms with Crippen molar-refractivity contribution in [1.82, 2.24) is 25.3 Å². The highest BCUT2D eigenvalue weighted by molar-refractivity contribution is 9.10. The van der Waals surface area contributed by atoms with Gasteiger partial charge in [-0.3, -0.25) is 14.4 Å². The summed E-state index contributed by atoms with van der Waals surface area (Å²) in [6.45, 7) is 16.0. The molecule has 2 N–H and O–H groups in total. The van der Waals surface area contributed by atoms with Gasteiger partial charge in [0.15, 0.2) is 0 Å². The molecular formula is C34H44BrN5O7. The monoisotopic (exact) mass is 713 g/mol. The minimum atomic E-state index is -1.30. The number of amides is 3. The van der Waals surface area contributed by atoms with Crippen LogP contribution in [-0.2, 0) is 23.9 Å². The number of hydrogen-bond donors (Lipinski definition) is 2. The van der Waals surface area contributed by atoms with E-state index in [0.717, 1.165) is 5.56 Å². The summed E-state index contributed by atoms with van der Waals surface area (Å²) in [4.78, 5) is 69.1. The van der Waals surface area contributed by atoms with Crippen LogP contribution in [0, 0.1) is 11.3 Å². The van der Waals surface area contributed by atoms with E-state index in [1.165, 1.54) is 15.6 Å². The first-order valence-corrected chi connectivity index (χ1v) is 16.5. The average Bonchev–Trinajstić information content (AvgIpc) is 3.51. The summed E-state index contributed by atoms with van der Waals surface area (Å²) in [7, 11) is 0. The molecule has 2 fully saturated rings. The average molecular weight is 715 g/mol. The Kier molecular flexibility index (Phi) is 10.4. The molecule has 1 aliphatic heterocycles. The minimum Gasteiger partial charge on any atom is -0.464 e. The van der Waals surface area contributed by atoms with Gasteiger partial charge in [-0.05, 0) is 55.5 Å². The van der Waals surface area contributed by atoms with Crippen molar-refractivity contribution in [2.45, 2.75) is 90.6 Å². The van der Waals surface area contributed by atoms with Crippen LogP contribution in [0.3, 0.4) is 0 Å². The Morgan fingerprint density at radius 2 is 1.81 bits per heavy atom. The second-order valence-corrected chi connectivity index (χ2v) is 14.9. The van der Waals surface area contributed by atoms with Crippen molar-refractivity contribution in [3.05, 3.63) is 63.9 Å². The fourth-order valence-electron chi connectivity index (χ4n) is 5.79. The van der Waals surface area contributed by atoms with Crippen LogP contribution in [0.2, 0.25) is 0 Å². The molecule has 3 amide bonds. The van der Waals surface area contributed by atoms with Crippen molar-refractivity contribution in [1.29, 1.82) is 0 Å². The zero-order valence-corrected chi connectivity index (χ0v) is 29.5. The number of ether oxygens (including phenoxy) is 2. The molecule has 4 rings (SSSR count). The lowest BCUT2D eigenvalue weighted by Crippen LogP contribution is -2.59. The Balaban J connectivity index is 1.74. The van der Waals surface area contributed by atoms with Gasteiger partial charge in [-0.15, -0.1) is 6.58 Å². The number of nitrogens with one attached hydrogen (secondary N) is 2. The van der Waals surface area contributed by atoms with Gasteiger partial charge >= 0.3 is 12.1 Å². The fourth-order valence-corrected chi connectivity index (χ4v) is 6.29. The molecule has 47 heavy (non-hydrogen) atoms. The molecule has 1 aromatic heterocycles. The molecule has 2 heterocycles. The van der Waals surface area contributed by atoms with E-state index < -0.39 is 64.1 Å². The second kappa shape index (κ2) is 13.6. The minimum absolute atomic E-state index is 0.0291. The third-order valence-electron chi connectivity index (χ3n) is 8.23. The molecule has 2 aromatic rings. The van der Waals surface area contributed by atoms with E-state index in [1.54, 1.807) is 54.5 Å². The number of aromatic nitrogens is 2. The van der Waals surface area contributed by atoms with Gasteiger partial charge in [0.05, 0.1) is 17.1 Å². The number of esters is 1. The van der Waals surface area contributed by atoms with Gasteiger partial charge in [-0.25, -0.2) is 14.3 Å². The highest BCUT2D eigenvalue weighted by Crippen LogP contribution is 2.46. The molecule has 5 atom stereocenters. The first-order chi connectivity index (χ1) is 21.9. The Labute approximate surface area is 283 Å². The maximum atomic E-state index is 14.4. The van der Waals surface area contributed by atoms with E-state index in [1.807, 2.05) is 30.3 Å². The van der Waals surface area contributed by atoms with Crippen molar-refractivity contribution >= 4 is 39.8 Å². The van der Waals surface area contributed by atoms with E-state index in [0.29, 0.717) is 16.6 Å². The highest BCUT2D eigenvalue weighted by atomic mass is 79.9. The van der Waals surface area contributed by atoms with Crippen LogP contribution in [0.1, 0.15) is 67.3 Å². The largest absolute Gasteiger partial charge is 0.464 e. The standard InChI is InChI=1S/C34H44BrN5O7/c1-9-21-18-34(21,30(44)46-10-2)37-28(42)24-16-22(40-25(41)17-23(35)26(38-40)20-14-12-11-13-15-20)19-39(24)29(43)27(32(3,4)5)36-31(45)47-33(6,7)8/h9,11-15,17,21-22,24,27H,1,10,16,18-19H2,2-8H3,(H,36,45)(H,37,42)/t21?,22-,24+,27-,34-/m1/s1. The van der Waals surface area contributed by atoms with Gasteiger partial charge in [0.25, 0.3) is 5.56 Å². The Morgan fingerprint density at radius 1 is 1.15 bits per heavy atom. The summed E-state index contributed by atoms with van der Waals surface area (Å²) < 4.78 is 12.5. The van der Waals surface area contributed by atoms with Crippen LogP contribution in [0.5, 0.6) is 0 Å². The van der Waals surface area contributed by atoms with Crippen molar-refractivity contribution in [2.75, 3.05) is 13.2 Å². The van der Waals surface area contributed by atoms with Gasteiger partial charge in [0.1, 0.15) is 28.9 Å². The molecule has 0 radical (unpaired) electrons. The topological polar surface area (TPSA) is 149 Å². The summed E-state index contributed by atoms with van der Waals surface area (Å²) in [6, 6.07) is 7.81. The molecule has 0 bridgehead atoms. The van der Waals surface area contributed by atoms with Gasteiger partial charge in [0, 0.05) is 30.5 Å². The summed E-state index contributed by atoms with van der Waals surface area (Å²) in [6.07, 6.45) is 1.15. The van der Waals surface area contributed by atoms with E-state index >= 15 is 0 Å². The molecule has 1 saturated carbocycles. The maximum Gasteiger partial charge on any atom is 0.408 e. The lowest BCUT2D eigenvalue weighted by molar-refractivity contribution is -0.150. The number of rotatable bonds is 9. The molecular weight excluding hydrogens is 670 g/mol. The van der Waals surface area contributed by atoms with Crippen LogP contribution < -0.4 is 16.2 Å². The number of nitrogens with zero attached hydrogens (tertiary/aromatic N) is 3. The molecule has 13 heteroatoms. The van der Waals surface area contributed by atoms with Gasteiger partial charge in [-0.1, -0.05) is 57.2 Å². The van der Waals surface area contributed by atoms with Crippen molar-refractivity contribution in [2.24, 2.45) is 11.3 Å². The van der Waals surface area contributed by atoms with Gasteiger partial charge < -0.3 is 25.0 Å². The number of likely N-dealkylation sites (tertiary alicyclic amines) is 1. The Hall–Kier alpha value is -4.00. The molecule has 2 aliphatic rings. The predicted molar refractivity (Wildman–Crippen MR) is 179 cm³/mol. The molecule has 1 saturated heterocycles. The second-order valence-electron chi connectivity index (χ2n) is 14.1. The summed E-state index contributed by atoms with van der Waals surface area (Å²) in [5.74, 6) is -2.05. The number of halogens is 1. The number of benzene rings is 1. The van der Waals surface area contributed by atoms with Gasteiger partial charge in [-0.2, -0.15) is 5.10 Å². The first kappa shape index (κ1) is 35.8. The summed E-state index contributed by atoms with van der Waals surface area (Å²) in [5.41, 5.74) is -2.04. The van der Waals surface area contributed by atoms with Crippen LogP contribution in [0.15, 0.2) is 58.3 Å². The van der Waals surface area contributed by atoms with Crippen LogP contribution in [0.4, 0.5) is 4.79 Å². The number of hydrogen-bond acceptors (Lipinski definition) is 8. The van der Waals surface area contributed by atoms with Crippen molar-refractivity contribution < 1.29 is 28.7 Å². The fraction of sp³-hybridized carbons (Fsp3) is 0.529. The van der Waals surface area contributed by atoms with Crippen LogP contribution in [0.25, 0.3) is 11.3 Å². The Morgan fingerprint density at radius 3 is 2.36 bits per heavy atom. The number of carbonyl (C=O) groups is 4. The van der Waals surface area contributed by atoms with E-state index in [2.05, 4.69) is 38.2 Å². The highest BCUT2D eigenvalue weighted by Gasteiger charge is 2.62. The molecule has 1 unspecified atom stereocenters. The molecule has 0 spiro atoms. The number of alkyl carbamates (subject to hydrolysis) is 1. The zero-order valence-electron chi connectivity index (χ0n) is 28.0. The SMILES string of the molecule is C=CC1C[C@]1(NC(=O)[C@@H]1C[C@@H](n2nc(-c3ccccc3)c(Br)cc2=O)CN1C(=O)[C@@H](NC(=O)OC(C)(C)C)C(C)(C)C)C(=O)OCC. The lowest BCUT2D eigenvalue weighted by Gasteiger charge is -2.36. The van der Waals surface area contributed by atoms with E-state index in [4.69, 9.17) is 9.47 Å². The third kappa shape index (κ3) is 7.94. The number of carbonyl (C=O) groups excluding carboxylic acids is 4. The third-order valence-corrected chi connectivity index (χ3v) is 8.83. The zero-order chi connectivity index (χ0) is 34.9. The van der Waals surface area contributed by atoms with E-state index in [-0.39, 0.29) is 25.5 Å². The maximum absolute atomic E-state index is 14.4. The van der Waals surface area contributed by atoms with Crippen molar-refractivity contribution in [3.8, 4) is 11.3 Å². The van der Waals surface area contributed by atoms with Crippen molar-refractivity contribution in [3.63, 3.8) is 0 Å². The first-order valence-electron chi connectivity index (χ1n) is 15.7. The van der Waals surface area contributed by atoms with E-state index in [9.17, 15) is 24.0 Å². The summed E-state index contributed by atoms with van der Waals surface area (Å²) in [5, 5.41) is 10.2. The smallest absolute Gasteiger partial charge is 0.408 e. The predicted octanol–water partition coefficient (Wildman–Crippen LogP) is 4.38. The van der Waals surface area contributed by atoms with Crippen LogP contribution >= 0.6 is 15.9 Å². The summed E-state index contributed by atoms with van der Waals surface area (Å²) >= 11 is 3.45. The normalized spacial score (nSPS) is 23.0. The molecule has 1 aromatic carbocycles. The van der Waals surface area contributed by atoms with Gasteiger partial charge in [0.2, 0.25) is 11.8 Å². The Bertz CT molecular complexity index is 1600. The molecule has 254 valence electrons. The quantitative estimate of drug-likeness (QED) is 0.287. The molecule has 1 aliphatic carbocycles. The molecule has 12 nitrogen and oxygen atoms in total. The lowest BCUT2D eigenvalue weighted by atomic mass is 9.85.